The summed E-state index contributed by atoms with van der Waals surface area (Å²) in [7, 11) is 0. The number of nitrogens with two attached hydrogens (primary N) is 1. The molecule has 0 aliphatic heterocycles. The molecule has 0 aromatic heterocycles. The number of allylic oxidation sites excluding steroid dienone is 2. The van der Waals surface area contributed by atoms with Crippen LogP contribution >= 0.6 is 0 Å². The quantitative estimate of drug-likeness (QED) is 0.364. The molecule has 0 unspecified atom stereocenters. The van der Waals surface area contributed by atoms with E-state index in [2.05, 4.69) is 17.5 Å². The van der Waals surface area contributed by atoms with Gasteiger partial charge in [-0.3, -0.25) is 0 Å². The maximum Gasteiger partial charge on any atom is 0.332 e. The Morgan fingerprint density at radius 3 is 3.00 bits per heavy atom. The van der Waals surface area contributed by atoms with Gasteiger partial charge in [-0.1, -0.05) is 25.8 Å². The standard InChI is InChI=1S/C8H15N3O/c1-2-3-4-5-6-7-10-11-8(9)12/h5-7H,2-4H2,1H3,(H3,9,11,12)/b6-5+,10-7+. The number of hydrazone groups is 1. The van der Waals surface area contributed by atoms with Crippen LogP contribution in [0.2, 0.25) is 0 Å². The van der Waals surface area contributed by atoms with Gasteiger partial charge in [0.1, 0.15) is 0 Å². The lowest BCUT2D eigenvalue weighted by Gasteiger charge is -1.87. The molecule has 0 aliphatic rings. The lowest BCUT2D eigenvalue weighted by Crippen LogP contribution is -2.24. The lowest BCUT2D eigenvalue weighted by molar-refractivity contribution is 0.249. The van der Waals surface area contributed by atoms with Crippen LogP contribution in [0, 0.1) is 0 Å². The summed E-state index contributed by atoms with van der Waals surface area (Å²) in [4.78, 5) is 10.1. The second kappa shape index (κ2) is 7.78. The highest BCUT2D eigenvalue weighted by Crippen LogP contribution is 1.93. The Kier molecular flexibility index (Phi) is 6.93. The van der Waals surface area contributed by atoms with Gasteiger partial charge in [0.15, 0.2) is 0 Å². The van der Waals surface area contributed by atoms with E-state index in [-0.39, 0.29) is 0 Å². The summed E-state index contributed by atoms with van der Waals surface area (Å²) in [6.07, 6.45) is 8.68. The van der Waals surface area contributed by atoms with E-state index < -0.39 is 6.03 Å². The molecule has 12 heavy (non-hydrogen) atoms. The second-order valence-electron chi connectivity index (χ2n) is 2.32. The minimum atomic E-state index is -0.645. The largest absolute Gasteiger partial charge is 0.350 e. The zero-order valence-electron chi connectivity index (χ0n) is 7.29. The van der Waals surface area contributed by atoms with Crippen LogP contribution in [0.4, 0.5) is 4.79 Å². The van der Waals surface area contributed by atoms with E-state index in [0.29, 0.717) is 0 Å². The van der Waals surface area contributed by atoms with Gasteiger partial charge in [0.2, 0.25) is 0 Å². The molecular formula is C8H15N3O. The summed E-state index contributed by atoms with van der Waals surface area (Å²) in [5, 5.41) is 3.53. The number of hydrogen-bond donors (Lipinski definition) is 2. The number of nitrogens with one attached hydrogen (secondary N) is 1. The van der Waals surface area contributed by atoms with Crippen LogP contribution in [0.5, 0.6) is 0 Å². The lowest BCUT2D eigenvalue weighted by atomic mass is 10.2. The van der Waals surface area contributed by atoms with Crippen LogP contribution in [0.15, 0.2) is 17.3 Å². The topological polar surface area (TPSA) is 67.5 Å². The minimum absolute atomic E-state index is 0.645. The number of carbonyl (C=O) groups excluding carboxylic acids is 1. The van der Waals surface area contributed by atoms with Crippen LogP contribution in [-0.2, 0) is 0 Å². The SMILES string of the molecule is CCCC/C=C/C=N/NC(N)=O. The fourth-order valence-corrected chi connectivity index (χ4v) is 0.623. The molecule has 0 heterocycles. The highest BCUT2D eigenvalue weighted by Gasteiger charge is 1.80. The second-order valence-corrected chi connectivity index (χ2v) is 2.32. The number of rotatable bonds is 5. The Balaban J connectivity index is 3.33. The first kappa shape index (κ1) is 10.7. The van der Waals surface area contributed by atoms with Crippen LogP contribution < -0.4 is 11.2 Å². The number of unbranched alkanes of at least 4 members (excludes halogenated alkanes) is 2. The van der Waals surface area contributed by atoms with Crippen LogP contribution in [0.25, 0.3) is 0 Å². The van der Waals surface area contributed by atoms with Gasteiger partial charge >= 0.3 is 6.03 Å². The number of primary amides is 1. The molecule has 0 aliphatic carbocycles. The summed E-state index contributed by atoms with van der Waals surface area (Å²) in [5.74, 6) is 0. The number of hydrogen-bond acceptors (Lipinski definition) is 2. The minimum Gasteiger partial charge on any atom is -0.350 e. The molecule has 4 nitrogen and oxygen atoms in total. The predicted octanol–water partition coefficient (Wildman–Crippen LogP) is 1.39. The Labute approximate surface area is 72.5 Å². The van der Waals surface area contributed by atoms with Gasteiger partial charge in [0, 0.05) is 6.21 Å². The Hall–Kier alpha value is -1.32. The summed E-state index contributed by atoms with van der Waals surface area (Å²) in [6, 6.07) is -0.645. The van der Waals surface area contributed by atoms with Gasteiger partial charge in [0.25, 0.3) is 0 Å². The van der Waals surface area contributed by atoms with Crippen molar-refractivity contribution in [3.05, 3.63) is 12.2 Å². The van der Waals surface area contributed by atoms with Crippen molar-refractivity contribution in [2.45, 2.75) is 26.2 Å². The molecule has 2 amide bonds. The van der Waals surface area contributed by atoms with E-state index in [0.717, 1.165) is 6.42 Å². The van der Waals surface area contributed by atoms with Gasteiger partial charge in [-0.05, 0) is 12.5 Å². The molecule has 0 aromatic rings. The maximum absolute atomic E-state index is 10.1. The molecule has 4 heteroatoms. The van der Waals surface area contributed by atoms with Crippen molar-refractivity contribution in [3.63, 3.8) is 0 Å². The van der Waals surface area contributed by atoms with Crippen LogP contribution in [-0.4, -0.2) is 12.2 Å². The van der Waals surface area contributed by atoms with Gasteiger partial charge in [-0.25, -0.2) is 10.2 Å². The number of urea groups is 1. The van der Waals surface area contributed by atoms with E-state index in [1.165, 1.54) is 19.1 Å². The molecule has 0 saturated carbocycles. The molecular weight excluding hydrogens is 154 g/mol. The molecule has 0 aromatic carbocycles. The summed E-state index contributed by atoms with van der Waals surface area (Å²) in [6.45, 7) is 2.14. The van der Waals surface area contributed by atoms with Crippen molar-refractivity contribution in [2.75, 3.05) is 0 Å². The van der Waals surface area contributed by atoms with Gasteiger partial charge in [-0.2, -0.15) is 5.10 Å². The van der Waals surface area contributed by atoms with Crippen molar-refractivity contribution in [1.29, 1.82) is 0 Å². The van der Waals surface area contributed by atoms with Gasteiger partial charge in [0.05, 0.1) is 0 Å². The fraction of sp³-hybridized carbons (Fsp3) is 0.500. The number of amides is 2. The molecule has 0 fully saturated rings. The third-order valence-electron chi connectivity index (χ3n) is 1.20. The third kappa shape index (κ3) is 8.68. The third-order valence-corrected chi connectivity index (χ3v) is 1.20. The highest BCUT2D eigenvalue weighted by atomic mass is 16.2. The van der Waals surface area contributed by atoms with E-state index in [1.807, 2.05) is 6.08 Å². The van der Waals surface area contributed by atoms with E-state index in [1.54, 1.807) is 6.08 Å². The van der Waals surface area contributed by atoms with Gasteiger partial charge < -0.3 is 5.73 Å². The Morgan fingerprint density at radius 2 is 2.42 bits per heavy atom. The Morgan fingerprint density at radius 1 is 1.67 bits per heavy atom. The van der Waals surface area contributed by atoms with Gasteiger partial charge in [-0.15, -0.1) is 0 Å². The van der Waals surface area contributed by atoms with Crippen molar-refractivity contribution in [1.82, 2.24) is 5.43 Å². The molecule has 0 radical (unpaired) electrons. The van der Waals surface area contributed by atoms with Crippen molar-refractivity contribution < 1.29 is 4.79 Å². The first-order valence-electron chi connectivity index (χ1n) is 4.01. The van der Waals surface area contributed by atoms with E-state index in [9.17, 15) is 4.79 Å². The van der Waals surface area contributed by atoms with Crippen molar-refractivity contribution >= 4 is 12.2 Å². The maximum atomic E-state index is 10.1. The molecule has 68 valence electrons. The van der Waals surface area contributed by atoms with Crippen molar-refractivity contribution in [3.8, 4) is 0 Å². The average molecular weight is 169 g/mol. The predicted molar refractivity (Wildman–Crippen MR) is 49.9 cm³/mol. The zero-order chi connectivity index (χ0) is 9.23. The summed E-state index contributed by atoms with van der Waals surface area (Å²) < 4.78 is 0. The van der Waals surface area contributed by atoms with E-state index in [4.69, 9.17) is 5.73 Å². The summed E-state index contributed by atoms with van der Waals surface area (Å²) >= 11 is 0. The molecule has 0 rings (SSSR count). The fourth-order valence-electron chi connectivity index (χ4n) is 0.623. The first-order chi connectivity index (χ1) is 5.77. The number of nitrogens with zero attached hydrogens (tertiary/aromatic N) is 1. The normalized spacial score (nSPS) is 11.1. The van der Waals surface area contributed by atoms with E-state index >= 15 is 0 Å². The average Bonchev–Trinajstić information content (AvgIpc) is 2.02. The summed E-state index contributed by atoms with van der Waals surface area (Å²) in [5.41, 5.74) is 6.86. The molecule has 3 N–H and O–H groups in total. The van der Waals surface area contributed by atoms with Crippen LogP contribution in [0.3, 0.4) is 0 Å². The zero-order valence-corrected chi connectivity index (χ0v) is 7.29. The van der Waals surface area contributed by atoms with Crippen LogP contribution in [0.1, 0.15) is 26.2 Å². The number of carbonyl (C=O) groups is 1. The Bertz CT molecular complexity index is 175. The first-order valence-corrected chi connectivity index (χ1v) is 4.01. The smallest absolute Gasteiger partial charge is 0.332 e. The molecule has 0 saturated heterocycles. The monoisotopic (exact) mass is 169 g/mol. The highest BCUT2D eigenvalue weighted by molar-refractivity contribution is 5.75. The van der Waals surface area contributed by atoms with Crippen molar-refractivity contribution in [2.24, 2.45) is 10.8 Å². The molecule has 0 spiro atoms. The molecule has 0 atom stereocenters. The molecule has 0 bridgehead atoms.